The zero-order chi connectivity index (χ0) is 8.72. The van der Waals surface area contributed by atoms with E-state index in [2.05, 4.69) is 20.9 Å². The van der Waals surface area contributed by atoms with Crippen LogP contribution in [-0.2, 0) is 4.79 Å². The number of hydrogen-bond donors (Lipinski definition) is 0. The fraction of sp³-hybridized carbons (Fsp3) is 0.556. The van der Waals surface area contributed by atoms with E-state index < -0.39 is 0 Å². The highest BCUT2D eigenvalue weighted by atomic mass is 79.9. The van der Waals surface area contributed by atoms with Crippen LogP contribution in [0.5, 0.6) is 0 Å². The van der Waals surface area contributed by atoms with E-state index in [-0.39, 0.29) is 5.91 Å². The minimum atomic E-state index is -0.0966. The summed E-state index contributed by atoms with van der Waals surface area (Å²) in [6.07, 6.45) is 3.34. The number of halogens is 1. The Morgan fingerprint density at radius 1 is 1.58 bits per heavy atom. The molecule has 3 heteroatoms. The number of hydrogen-bond acceptors (Lipinski definition) is 1. The molecule has 0 aromatic heterocycles. The second kappa shape index (κ2) is 2.80. The van der Waals surface area contributed by atoms with Gasteiger partial charge in [0.2, 0.25) is 0 Å². The number of carbonyl (C=O) groups excluding carboxylic acids is 1. The Bertz CT molecular complexity index is 304. The van der Waals surface area contributed by atoms with E-state index in [0.717, 1.165) is 18.6 Å². The minimum absolute atomic E-state index is 0.0966. The first-order chi connectivity index (χ1) is 5.70. The maximum atomic E-state index is 11.3. The molecule has 64 valence electrons. The van der Waals surface area contributed by atoms with E-state index in [1.54, 1.807) is 0 Å². The second-order valence-corrected chi connectivity index (χ2v) is 4.14. The number of dihydropyridines is 1. The Morgan fingerprint density at radius 3 is 3.08 bits per heavy atom. The molecule has 12 heavy (non-hydrogen) atoms. The van der Waals surface area contributed by atoms with Crippen LogP contribution in [0.15, 0.2) is 15.0 Å². The number of allylic oxidation sites excluding steroid dienone is 1. The molecule has 1 amide bonds. The number of aliphatic imine (C=N–C) groups is 1. The summed E-state index contributed by atoms with van der Waals surface area (Å²) in [5.74, 6) is 0.359. The van der Waals surface area contributed by atoms with Crippen LogP contribution in [0.1, 0.15) is 26.2 Å². The lowest BCUT2D eigenvalue weighted by atomic mass is 9.95. The van der Waals surface area contributed by atoms with Gasteiger partial charge < -0.3 is 0 Å². The van der Waals surface area contributed by atoms with Gasteiger partial charge >= 0.3 is 0 Å². The summed E-state index contributed by atoms with van der Waals surface area (Å²) in [5.41, 5.74) is 2.27. The third kappa shape index (κ3) is 1.07. The first-order valence-corrected chi connectivity index (χ1v) is 4.97. The third-order valence-corrected chi connectivity index (χ3v) is 3.59. The number of fused-ring (bicyclic) bond motifs is 1. The predicted molar refractivity (Wildman–Crippen MR) is 51.4 cm³/mol. The van der Waals surface area contributed by atoms with Crippen LogP contribution in [0.2, 0.25) is 0 Å². The van der Waals surface area contributed by atoms with E-state index in [4.69, 9.17) is 0 Å². The number of carbonyl (C=O) groups is 1. The van der Waals surface area contributed by atoms with E-state index in [9.17, 15) is 4.79 Å². The van der Waals surface area contributed by atoms with Crippen molar-refractivity contribution in [2.75, 3.05) is 0 Å². The van der Waals surface area contributed by atoms with Gasteiger partial charge in [0, 0.05) is 11.6 Å². The Labute approximate surface area is 79.9 Å². The highest BCUT2D eigenvalue weighted by Gasteiger charge is 2.31. The van der Waals surface area contributed by atoms with Gasteiger partial charge in [0.15, 0.2) is 0 Å². The summed E-state index contributed by atoms with van der Waals surface area (Å²) in [6.45, 7) is 2.02. The summed E-state index contributed by atoms with van der Waals surface area (Å²) in [7, 11) is 0. The van der Waals surface area contributed by atoms with E-state index in [1.165, 1.54) is 12.0 Å². The van der Waals surface area contributed by atoms with Crippen LogP contribution in [0.25, 0.3) is 0 Å². The van der Waals surface area contributed by atoms with Crippen LogP contribution in [0.3, 0.4) is 0 Å². The molecule has 2 nitrogen and oxygen atoms in total. The van der Waals surface area contributed by atoms with E-state index in [1.807, 2.05) is 6.92 Å². The van der Waals surface area contributed by atoms with Crippen molar-refractivity contribution in [2.24, 2.45) is 10.9 Å². The molecule has 0 spiro atoms. The van der Waals surface area contributed by atoms with Crippen LogP contribution in [-0.4, -0.2) is 11.6 Å². The molecule has 0 bridgehead atoms. The highest BCUT2D eigenvalue weighted by Crippen LogP contribution is 2.35. The molecular formula is C9H10BrNO. The average molecular weight is 228 g/mol. The van der Waals surface area contributed by atoms with Gasteiger partial charge in [-0.05, 0) is 47.7 Å². The quantitative estimate of drug-likeness (QED) is 0.626. The van der Waals surface area contributed by atoms with Crippen molar-refractivity contribution in [1.82, 2.24) is 0 Å². The monoisotopic (exact) mass is 227 g/mol. The molecule has 2 aliphatic rings. The first kappa shape index (κ1) is 8.17. The van der Waals surface area contributed by atoms with Gasteiger partial charge in [-0.2, -0.15) is 0 Å². The lowest BCUT2D eigenvalue weighted by Gasteiger charge is -2.17. The third-order valence-electron chi connectivity index (χ3n) is 2.63. The molecule has 1 aliphatic carbocycles. The van der Waals surface area contributed by atoms with Crippen molar-refractivity contribution in [3.63, 3.8) is 0 Å². The smallest absolute Gasteiger partial charge is 0.266 e. The van der Waals surface area contributed by atoms with Crippen LogP contribution in [0.4, 0.5) is 0 Å². The maximum Gasteiger partial charge on any atom is 0.283 e. The van der Waals surface area contributed by atoms with Gasteiger partial charge in [-0.3, -0.25) is 4.79 Å². The Hall–Kier alpha value is -0.440. The van der Waals surface area contributed by atoms with Gasteiger partial charge in [0.1, 0.15) is 0 Å². The fourth-order valence-corrected chi connectivity index (χ4v) is 2.29. The lowest BCUT2D eigenvalue weighted by molar-refractivity contribution is -0.113. The van der Waals surface area contributed by atoms with Gasteiger partial charge in [0.05, 0.1) is 4.48 Å². The minimum Gasteiger partial charge on any atom is -0.266 e. The summed E-state index contributed by atoms with van der Waals surface area (Å²) < 4.78 is 0.679. The molecule has 0 N–H and O–H groups in total. The average Bonchev–Trinajstić information content (AvgIpc) is 2.48. The Kier molecular flexibility index (Phi) is 1.91. The van der Waals surface area contributed by atoms with Gasteiger partial charge in [-0.15, -0.1) is 0 Å². The molecule has 1 fully saturated rings. The van der Waals surface area contributed by atoms with Crippen molar-refractivity contribution in [3.05, 3.63) is 10.1 Å². The molecule has 0 aromatic carbocycles. The van der Waals surface area contributed by atoms with Gasteiger partial charge in [-0.1, -0.05) is 0 Å². The van der Waals surface area contributed by atoms with Gasteiger partial charge in [0.25, 0.3) is 5.91 Å². The Balaban J connectivity index is 2.43. The maximum absolute atomic E-state index is 11.3. The number of amides is 1. The molecule has 1 aliphatic heterocycles. The second-order valence-electron chi connectivity index (χ2n) is 3.35. The lowest BCUT2D eigenvalue weighted by Crippen LogP contribution is -2.18. The molecule has 0 saturated heterocycles. The Morgan fingerprint density at radius 2 is 2.33 bits per heavy atom. The van der Waals surface area contributed by atoms with Gasteiger partial charge in [-0.25, -0.2) is 4.99 Å². The fourth-order valence-electron chi connectivity index (χ4n) is 1.93. The van der Waals surface area contributed by atoms with E-state index in [0.29, 0.717) is 10.4 Å². The van der Waals surface area contributed by atoms with Crippen molar-refractivity contribution >= 4 is 27.5 Å². The van der Waals surface area contributed by atoms with Crippen molar-refractivity contribution in [2.45, 2.75) is 26.2 Å². The molecule has 1 heterocycles. The largest absolute Gasteiger partial charge is 0.283 e. The summed E-state index contributed by atoms with van der Waals surface area (Å²) in [5, 5.41) is 0. The topological polar surface area (TPSA) is 29.4 Å². The summed E-state index contributed by atoms with van der Waals surface area (Å²) >= 11 is 3.28. The van der Waals surface area contributed by atoms with E-state index >= 15 is 0 Å². The van der Waals surface area contributed by atoms with Crippen molar-refractivity contribution in [3.8, 4) is 0 Å². The standard InChI is InChI=1S/C9H10BrNO/c1-5-6-3-2-4-7(6)11-9(12)8(5)10/h6H,2-4H2,1H3. The molecule has 0 aromatic rings. The number of rotatable bonds is 0. The van der Waals surface area contributed by atoms with Crippen LogP contribution in [0, 0.1) is 5.92 Å². The van der Waals surface area contributed by atoms with Crippen LogP contribution < -0.4 is 0 Å². The normalized spacial score (nSPS) is 29.0. The van der Waals surface area contributed by atoms with Crippen molar-refractivity contribution < 1.29 is 4.79 Å². The molecule has 1 saturated carbocycles. The molecule has 0 radical (unpaired) electrons. The summed E-state index contributed by atoms with van der Waals surface area (Å²) in [6, 6.07) is 0. The van der Waals surface area contributed by atoms with Crippen molar-refractivity contribution in [1.29, 1.82) is 0 Å². The predicted octanol–water partition coefficient (Wildman–Crippen LogP) is 2.44. The zero-order valence-electron chi connectivity index (χ0n) is 6.93. The zero-order valence-corrected chi connectivity index (χ0v) is 8.52. The van der Waals surface area contributed by atoms with Crippen LogP contribution >= 0.6 is 15.9 Å². The molecular weight excluding hydrogens is 218 g/mol. The molecule has 2 rings (SSSR count). The highest BCUT2D eigenvalue weighted by molar-refractivity contribution is 9.12. The SMILES string of the molecule is CC1=C(Br)C(=O)N=C2CCCC21. The molecule has 1 atom stereocenters. The number of nitrogens with zero attached hydrogens (tertiary/aromatic N) is 1. The molecule has 1 unspecified atom stereocenters. The first-order valence-electron chi connectivity index (χ1n) is 4.18. The summed E-state index contributed by atoms with van der Waals surface area (Å²) in [4.78, 5) is 15.3.